The summed E-state index contributed by atoms with van der Waals surface area (Å²) in [7, 11) is 0. The minimum absolute atomic E-state index is 0.135. The first-order valence-corrected chi connectivity index (χ1v) is 9.36. The van der Waals surface area contributed by atoms with Crippen LogP contribution in [0.4, 0.5) is 13.2 Å². The molecule has 3 N–H and O–H groups in total. The van der Waals surface area contributed by atoms with E-state index in [9.17, 15) is 18.0 Å². The molecule has 0 unspecified atom stereocenters. The van der Waals surface area contributed by atoms with Crippen LogP contribution in [-0.2, 0) is 17.4 Å². The number of alkyl halides is 3. The van der Waals surface area contributed by atoms with Crippen molar-refractivity contribution in [1.82, 2.24) is 9.97 Å². The number of nitrogens with two attached hydrogens (primary N) is 1. The van der Waals surface area contributed by atoms with Gasteiger partial charge in [0.15, 0.2) is 0 Å². The van der Waals surface area contributed by atoms with Crippen LogP contribution in [0.5, 0.6) is 0 Å². The average molecular weight is 409 g/mol. The van der Waals surface area contributed by atoms with Crippen molar-refractivity contribution in [2.45, 2.75) is 19.0 Å². The van der Waals surface area contributed by atoms with E-state index in [-0.39, 0.29) is 11.9 Å². The average Bonchev–Trinajstić information content (AvgIpc) is 3.18. The maximum atomic E-state index is 13.1. The Hall–Kier alpha value is -3.61. The first-order valence-electron chi connectivity index (χ1n) is 9.36. The molecule has 4 aromatic rings. The molecular formula is C23H18F3N3O. The van der Waals surface area contributed by atoms with Gasteiger partial charge in [0.05, 0.1) is 11.0 Å². The molecule has 0 aliphatic rings. The number of imidazole rings is 1. The van der Waals surface area contributed by atoms with Gasteiger partial charge < -0.3 is 10.7 Å². The Bertz CT molecular complexity index is 1210. The van der Waals surface area contributed by atoms with Crippen molar-refractivity contribution in [3.63, 3.8) is 0 Å². The number of nitrogens with one attached hydrogen (secondary N) is 1. The standard InChI is InChI=1S/C23H18F3N3O/c24-23(25,26)22-28-19-8-4-7-18(21(19)29-22)17-11-9-15(14-5-2-1-3-6-14)13-16(17)10-12-20(27)30/h1-9,11,13H,10,12H2,(H2,27,30)(H,28,29). The number of primary amides is 1. The summed E-state index contributed by atoms with van der Waals surface area (Å²) in [6.45, 7) is 0. The van der Waals surface area contributed by atoms with Crippen LogP contribution in [0.3, 0.4) is 0 Å². The third kappa shape index (κ3) is 3.91. The summed E-state index contributed by atoms with van der Waals surface area (Å²) in [4.78, 5) is 17.5. The van der Waals surface area contributed by atoms with Gasteiger partial charge in [0.25, 0.3) is 0 Å². The summed E-state index contributed by atoms with van der Waals surface area (Å²) in [6.07, 6.45) is -4.06. The predicted molar refractivity (Wildman–Crippen MR) is 109 cm³/mol. The van der Waals surface area contributed by atoms with Gasteiger partial charge in [0, 0.05) is 12.0 Å². The molecule has 3 aromatic carbocycles. The minimum atomic E-state index is -4.57. The van der Waals surface area contributed by atoms with Gasteiger partial charge in [-0.25, -0.2) is 4.98 Å². The lowest BCUT2D eigenvalue weighted by atomic mass is 9.92. The van der Waals surface area contributed by atoms with E-state index in [4.69, 9.17) is 5.73 Å². The molecule has 0 spiro atoms. The normalized spacial score (nSPS) is 11.7. The maximum Gasteiger partial charge on any atom is 0.449 e. The highest BCUT2D eigenvalue weighted by molar-refractivity contribution is 5.93. The van der Waals surface area contributed by atoms with Crippen molar-refractivity contribution in [2.24, 2.45) is 5.73 Å². The van der Waals surface area contributed by atoms with Crippen molar-refractivity contribution in [3.8, 4) is 22.3 Å². The Morgan fingerprint density at radius 1 is 0.933 bits per heavy atom. The summed E-state index contributed by atoms with van der Waals surface area (Å²) in [6, 6.07) is 20.4. The summed E-state index contributed by atoms with van der Waals surface area (Å²) >= 11 is 0. The number of hydrogen-bond acceptors (Lipinski definition) is 2. The monoisotopic (exact) mass is 409 g/mol. The first kappa shape index (κ1) is 19.7. The Morgan fingerprint density at radius 3 is 2.40 bits per heavy atom. The number of carbonyl (C=O) groups is 1. The van der Waals surface area contributed by atoms with Crippen LogP contribution in [0.2, 0.25) is 0 Å². The van der Waals surface area contributed by atoms with Crippen LogP contribution < -0.4 is 5.73 Å². The predicted octanol–water partition coefficient (Wildman–Crippen LogP) is 5.33. The zero-order chi connectivity index (χ0) is 21.3. The molecule has 0 aliphatic carbocycles. The van der Waals surface area contributed by atoms with Gasteiger partial charge in [0.2, 0.25) is 11.7 Å². The molecule has 0 bridgehead atoms. The lowest BCUT2D eigenvalue weighted by Crippen LogP contribution is -2.11. The Kier molecular flexibility index (Phi) is 5.03. The summed E-state index contributed by atoms with van der Waals surface area (Å²) in [5.74, 6) is -1.48. The molecule has 4 nitrogen and oxygen atoms in total. The van der Waals surface area contributed by atoms with E-state index in [0.717, 1.165) is 22.3 Å². The van der Waals surface area contributed by atoms with Gasteiger partial charge in [0.1, 0.15) is 0 Å². The largest absolute Gasteiger partial charge is 0.449 e. The number of amides is 1. The number of benzene rings is 3. The van der Waals surface area contributed by atoms with Crippen molar-refractivity contribution < 1.29 is 18.0 Å². The number of carbonyl (C=O) groups excluding carboxylic acids is 1. The van der Waals surface area contributed by atoms with Crippen LogP contribution in [0.25, 0.3) is 33.3 Å². The third-order valence-electron chi connectivity index (χ3n) is 4.92. The second kappa shape index (κ2) is 7.67. The molecule has 4 rings (SSSR count). The first-order chi connectivity index (χ1) is 14.3. The number of para-hydroxylation sites is 1. The SMILES string of the molecule is NC(=O)CCc1cc(-c2ccccc2)ccc1-c1cccc2[nH]c(C(F)(F)F)nc12. The molecule has 7 heteroatoms. The third-order valence-corrected chi connectivity index (χ3v) is 4.92. The van der Waals surface area contributed by atoms with Gasteiger partial charge in [-0.05, 0) is 34.7 Å². The lowest BCUT2D eigenvalue weighted by Gasteiger charge is -2.13. The lowest BCUT2D eigenvalue weighted by molar-refractivity contribution is -0.144. The molecule has 1 heterocycles. The van der Waals surface area contributed by atoms with Crippen LogP contribution in [0.1, 0.15) is 17.8 Å². The molecule has 0 saturated carbocycles. The van der Waals surface area contributed by atoms with Gasteiger partial charge in [-0.1, -0.05) is 60.7 Å². The number of aryl methyl sites for hydroxylation is 1. The highest BCUT2D eigenvalue weighted by atomic mass is 19.4. The van der Waals surface area contributed by atoms with E-state index >= 15 is 0 Å². The smallest absolute Gasteiger partial charge is 0.370 e. The van der Waals surface area contributed by atoms with Gasteiger partial charge in [-0.2, -0.15) is 13.2 Å². The number of aromatic nitrogens is 2. The van der Waals surface area contributed by atoms with E-state index in [1.54, 1.807) is 18.2 Å². The highest BCUT2D eigenvalue weighted by Crippen LogP contribution is 2.36. The molecule has 152 valence electrons. The van der Waals surface area contributed by atoms with Crippen LogP contribution in [0, 0.1) is 0 Å². The second-order valence-corrected chi connectivity index (χ2v) is 6.99. The topological polar surface area (TPSA) is 71.8 Å². The van der Waals surface area contributed by atoms with Crippen LogP contribution >= 0.6 is 0 Å². The molecule has 1 amide bonds. The number of rotatable bonds is 5. The van der Waals surface area contributed by atoms with Gasteiger partial charge >= 0.3 is 6.18 Å². The summed E-state index contributed by atoms with van der Waals surface area (Å²) in [5.41, 5.74) is 9.93. The molecule has 0 atom stereocenters. The van der Waals surface area contributed by atoms with E-state index in [0.29, 0.717) is 17.5 Å². The number of aromatic amines is 1. The van der Waals surface area contributed by atoms with Crippen molar-refractivity contribution in [2.75, 3.05) is 0 Å². The van der Waals surface area contributed by atoms with Gasteiger partial charge in [-0.15, -0.1) is 0 Å². The molecule has 0 saturated heterocycles. The molecule has 0 radical (unpaired) electrons. The van der Waals surface area contributed by atoms with Crippen molar-refractivity contribution >= 4 is 16.9 Å². The van der Waals surface area contributed by atoms with Crippen molar-refractivity contribution in [3.05, 3.63) is 78.1 Å². The summed E-state index contributed by atoms with van der Waals surface area (Å²) < 4.78 is 39.4. The fraction of sp³-hybridized carbons (Fsp3) is 0.130. The molecule has 30 heavy (non-hydrogen) atoms. The zero-order valence-corrected chi connectivity index (χ0v) is 15.8. The number of H-pyrrole nitrogens is 1. The zero-order valence-electron chi connectivity index (χ0n) is 15.8. The number of fused-ring (bicyclic) bond motifs is 1. The van der Waals surface area contributed by atoms with E-state index in [1.807, 2.05) is 48.5 Å². The Morgan fingerprint density at radius 2 is 1.70 bits per heavy atom. The van der Waals surface area contributed by atoms with Crippen molar-refractivity contribution in [1.29, 1.82) is 0 Å². The number of halogens is 3. The molecule has 1 aromatic heterocycles. The minimum Gasteiger partial charge on any atom is -0.370 e. The maximum absolute atomic E-state index is 13.1. The number of hydrogen-bond donors (Lipinski definition) is 2. The molecule has 0 aliphatic heterocycles. The fourth-order valence-corrected chi connectivity index (χ4v) is 3.52. The van der Waals surface area contributed by atoms with Gasteiger partial charge in [-0.3, -0.25) is 4.79 Å². The summed E-state index contributed by atoms with van der Waals surface area (Å²) in [5, 5.41) is 0. The molecular weight excluding hydrogens is 391 g/mol. The van der Waals surface area contributed by atoms with Crippen LogP contribution in [0.15, 0.2) is 66.7 Å². The van der Waals surface area contributed by atoms with E-state index in [2.05, 4.69) is 9.97 Å². The quantitative estimate of drug-likeness (QED) is 0.467. The highest BCUT2D eigenvalue weighted by Gasteiger charge is 2.35. The molecule has 0 fully saturated rings. The Labute approximate surface area is 170 Å². The van der Waals surface area contributed by atoms with Crippen LogP contribution in [-0.4, -0.2) is 15.9 Å². The second-order valence-electron chi connectivity index (χ2n) is 6.99. The fourth-order valence-electron chi connectivity index (χ4n) is 3.52. The van der Waals surface area contributed by atoms with E-state index in [1.165, 1.54) is 0 Å². The Balaban J connectivity index is 1.87. The van der Waals surface area contributed by atoms with E-state index < -0.39 is 17.9 Å². The number of nitrogens with zero attached hydrogens (tertiary/aromatic N) is 1.